The zero-order valence-corrected chi connectivity index (χ0v) is 17.1. The van der Waals surface area contributed by atoms with Crippen LogP contribution in [0.2, 0.25) is 0 Å². The van der Waals surface area contributed by atoms with Gasteiger partial charge in [0, 0.05) is 5.69 Å². The predicted molar refractivity (Wildman–Crippen MR) is 109 cm³/mol. The van der Waals surface area contributed by atoms with Crippen molar-refractivity contribution in [3.8, 4) is 5.75 Å². The third-order valence-electron chi connectivity index (χ3n) is 4.29. The van der Waals surface area contributed by atoms with Crippen LogP contribution in [-0.4, -0.2) is 33.7 Å². The van der Waals surface area contributed by atoms with E-state index in [-0.39, 0.29) is 5.91 Å². The predicted octanol–water partition coefficient (Wildman–Crippen LogP) is 3.50. The Kier molecular flexibility index (Phi) is 6.49. The minimum absolute atomic E-state index is 0.336. The molecule has 0 aromatic heterocycles. The van der Waals surface area contributed by atoms with Gasteiger partial charge in [0.1, 0.15) is 11.8 Å². The minimum Gasteiger partial charge on any atom is -0.497 e. The summed E-state index contributed by atoms with van der Waals surface area (Å²) in [5, 5.41) is 2.80. The molecular formula is C20H26N2O4S. The number of benzene rings is 2. The number of amides is 1. The quantitative estimate of drug-likeness (QED) is 0.785. The van der Waals surface area contributed by atoms with E-state index in [1.807, 2.05) is 26.0 Å². The van der Waals surface area contributed by atoms with Gasteiger partial charge in [0.15, 0.2) is 0 Å². The third kappa shape index (κ3) is 5.01. The summed E-state index contributed by atoms with van der Waals surface area (Å²) >= 11 is 0. The maximum Gasteiger partial charge on any atom is 0.248 e. The van der Waals surface area contributed by atoms with Gasteiger partial charge in [0.25, 0.3) is 0 Å². The zero-order valence-electron chi connectivity index (χ0n) is 16.3. The number of ether oxygens (including phenoxy) is 1. The molecule has 0 radical (unpaired) electrons. The number of carbonyl (C=O) groups excluding carboxylic acids is 1. The van der Waals surface area contributed by atoms with Crippen molar-refractivity contribution < 1.29 is 17.9 Å². The molecule has 0 saturated heterocycles. The van der Waals surface area contributed by atoms with Crippen molar-refractivity contribution in [2.24, 2.45) is 0 Å². The summed E-state index contributed by atoms with van der Waals surface area (Å²) in [6.07, 6.45) is 1.46. The standard InChI is InChI=1S/C20H26N2O4S/c1-6-18(20(23)21-16-9-11-17(26-4)12-10-16)22(27(5,24)25)19-13-14(2)7-8-15(19)3/h7-13,18H,6H2,1-5H3,(H,21,23). The van der Waals surface area contributed by atoms with Crippen LogP contribution in [0.25, 0.3) is 0 Å². The second kappa shape index (κ2) is 8.43. The van der Waals surface area contributed by atoms with Crippen LogP contribution in [0.4, 0.5) is 11.4 Å². The van der Waals surface area contributed by atoms with E-state index in [0.29, 0.717) is 23.5 Å². The molecule has 0 bridgehead atoms. The zero-order chi connectivity index (χ0) is 20.2. The van der Waals surface area contributed by atoms with Crippen LogP contribution in [0, 0.1) is 13.8 Å². The SMILES string of the molecule is CCC(C(=O)Nc1ccc(OC)cc1)N(c1cc(C)ccc1C)S(C)(=O)=O. The lowest BCUT2D eigenvalue weighted by Crippen LogP contribution is -2.47. The van der Waals surface area contributed by atoms with Crippen LogP contribution in [0.1, 0.15) is 24.5 Å². The van der Waals surface area contributed by atoms with Crippen molar-refractivity contribution in [3.63, 3.8) is 0 Å². The van der Waals surface area contributed by atoms with E-state index in [0.717, 1.165) is 17.4 Å². The first-order valence-corrected chi connectivity index (χ1v) is 10.5. The second-order valence-corrected chi connectivity index (χ2v) is 8.35. The fraction of sp³-hybridized carbons (Fsp3) is 0.350. The number of nitrogens with zero attached hydrogens (tertiary/aromatic N) is 1. The number of hydrogen-bond acceptors (Lipinski definition) is 4. The summed E-state index contributed by atoms with van der Waals surface area (Å²) in [6.45, 7) is 5.52. The van der Waals surface area contributed by atoms with E-state index < -0.39 is 16.1 Å². The Balaban J connectivity index is 2.39. The number of sulfonamides is 1. The molecule has 1 amide bonds. The second-order valence-electron chi connectivity index (χ2n) is 6.49. The fourth-order valence-corrected chi connectivity index (χ4v) is 4.15. The van der Waals surface area contributed by atoms with Crippen molar-refractivity contribution >= 4 is 27.3 Å². The number of rotatable bonds is 7. The highest BCUT2D eigenvalue weighted by atomic mass is 32.2. The molecule has 0 heterocycles. The first kappa shape index (κ1) is 20.8. The molecule has 0 saturated carbocycles. The third-order valence-corrected chi connectivity index (χ3v) is 5.46. The van der Waals surface area contributed by atoms with Gasteiger partial charge in [0.05, 0.1) is 19.1 Å². The molecule has 0 spiro atoms. The molecule has 1 unspecified atom stereocenters. The monoisotopic (exact) mass is 390 g/mol. The maximum absolute atomic E-state index is 12.9. The fourth-order valence-electron chi connectivity index (χ4n) is 2.89. The van der Waals surface area contributed by atoms with Crippen LogP contribution in [0.3, 0.4) is 0 Å². The lowest BCUT2D eigenvalue weighted by atomic mass is 10.1. The Labute approximate surface area is 161 Å². The summed E-state index contributed by atoms with van der Waals surface area (Å²) < 4.78 is 31.5. The van der Waals surface area contributed by atoms with Crippen molar-refractivity contribution in [2.75, 3.05) is 23.0 Å². The number of anilines is 2. The van der Waals surface area contributed by atoms with Gasteiger partial charge < -0.3 is 10.1 Å². The molecule has 27 heavy (non-hydrogen) atoms. The molecule has 1 N–H and O–H groups in total. The van der Waals surface area contributed by atoms with Gasteiger partial charge in [-0.15, -0.1) is 0 Å². The van der Waals surface area contributed by atoms with E-state index in [1.165, 1.54) is 4.31 Å². The maximum atomic E-state index is 12.9. The van der Waals surface area contributed by atoms with Gasteiger partial charge >= 0.3 is 0 Å². The number of methoxy groups -OCH3 is 1. The Morgan fingerprint density at radius 3 is 2.30 bits per heavy atom. The van der Waals surface area contributed by atoms with Crippen molar-refractivity contribution in [1.29, 1.82) is 0 Å². The summed E-state index contributed by atoms with van der Waals surface area (Å²) in [5.41, 5.74) is 2.82. The number of carbonyl (C=O) groups is 1. The Morgan fingerprint density at radius 1 is 1.15 bits per heavy atom. The molecular weight excluding hydrogens is 364 g/mol. The molecule has 2 aromatic rings. The van der Waals surface area contributed by atoms with Gasteiger partial charge in [-0.05, 0) is 61.7 Å². The van der Waals surface area contributed by atoms with Crippen LogP contribution in [-0.2, 0) is 14.8 Å². The number of hydrogen-bond donors (Lipinski definition) is 1. The molecule has 6 nitrogen and oxygen atoms in total. The highest BCUT2D eigenvalue weighted by Gasteiger charge is 2.32. The molecule has 146 valence electrons. The molecule has 1 atom stereocenters. The summed E-state index contributed by atoms with van der Waals surface area (Å²) in [5.74, 6) is 0.294. The molecule has 2 rings (SSSR count). The highest BCUT2D eigenvalue weighted by molar-refractivity contribution is 7.92. The minimum atomic E-state index is -3.66. The molecule has 0 aliphatic rings. The van der Waals surface area contributed by atoms with Gasteiger partial charge in [-0.2, -0.15) is 0 Å². The van der Waals surface area contributed by atoms with Gasteiger partial charge in [-0.1, -0.05) is 19.1 Å². The smallest absolute Gasteiger partial charge is 0.248 e. The van der Waals surface area contributed by atoms with Gasteiger partial charge in [0.2, 0.25) is 15.9 Å². The van der Waals surface area contributed by atoms with Crippen molar-refractivity contribution in [3.05, 3.63) is 53.6 Å². The topological polar surface area (TPSA) is 75.7 Å². The molecule has 0 aliphatic carbocycles. The number of aryl methyl sites for hydroxylation is 2. The molecule has 7 heteroatoms. The Hall–Kier alpha value is -2.54. The van der Waals surface area contributed by atoms with E-state index in [9.17, 15) is 13.2 Å². The average molecular weight is 391 g/mol. The van der Waals surface area contributed by atoms with E-state index >= 15 is 0 Å². The van der Waals surface area contributed by atoms with Crippen LogP contribution in [0.5, 0.6) is 5.75 Å². The normalized spacial score (nSPS) is 12.3. The van der Waals surface area contributed by atoms with Crippen molar-refractivity contribution in [2.45, 2.75) is 33.2 Å². The summed E-state index contributed by atoms with van der Waals surface area (Å²) in [4.78, 5) is 12.9. The summed E-state index contributed by atoms with van der Waals surface area (Å²) in [6, 6.07) is 11.6. The first-order chi connectivity index (χ1) is 12.7. The molecule has 0 fully saturated rings. The Morgan fingerprint density at radius 2 is 1.78 bits per heavy atom. The van der Waals surface area contributed by atoms with Gasteiger partial charge in [-0.3, -0.25) is 9.10 Å². The van der Waals surface area contributed by atoms with Crippen LogP contribution in [0.15, 0.2) is 42.5 Å². The van der Waals surface area contributed by atoms with E-state index in [4.69, 9.17) is 4.74 Å². The lowest BCUT2D eigenvalue weighted by molar-refractivity contribution is -0.117. The largest absolute Gasteiger partial charge is 0.497 e. The molecule has 2 aromatic carbocycles. The summed E-state index contributed by atoms with van der Waals surface area (Å²) in [7, 11) is -2.10. The van der Waals surface area contributed by atoms with Crippen LogP contribution < -0.4 is 14.4 Å². The van der Waals surface area contributed by atoms with E-state index in [1.54, 1.807) is 44.4 Å². The van der Waals surface area contributed by atoms with E-state index in [2.05, 4.69) is 5.32 Å². The van der Waals surface area contributed by atoms with Crippen LogP contribution >= 0.6 is 0 Å². The number of nitrogens with one attached hydrogen (secondary N) is 1. The van der Waals surface area contributed by atoms with Gasteiger partial charge in [-0.25, -0.2) is 8.42 Å². The first-order valence-electron chi connectivity index (χ1n) is 8.69. The molecule has 0 aliphatic heterocycles. The highest BCUT2D eigenvalue weighted by Crippen LogP contribution is 2.28. The van der Waals surface area contributed by atoms with Crippen molar-refractivity contribution in [1.82, 2.24) is 0 Å². The lowest BCUT2D eigenvalue weighted by Gasteiger charge is -2.31. The average Bonchev–Trinajstić information content (AvgIpc) is 2.61. The Bertz CT molecular complexity index is 908.